The third kappa shape index (κ3) is 4.78. The summed E-state index contributed by atoms with van der Waals surface area (Å²) in [6, 6.07) is 7.09. The Balaban J connectivity index is 0.00000274. The molecule has 2 N–H and O–H groups in total. The van der Waals surface area contributed by atoms with Gasteiger partial charge in [-0.3, -0.25) is 9.36 Å². The summed E-state index contributed by atoms with van der Waals surface area (Å²) in [6.07, 6.45) is 5.42. The molecule has 4 aromatic rings. The molecule has 0 bridgehead atoms. The maximum atomic E-state index is 12.1. The zero-order valence-corrected chi connectivity index (χ0v) is 20.0. The van der Waals surface area contributed by atoms with E-state index >= 15 is 0 Å². The molecule has 9 nitrogen and oxygen atoms in total. The number of fused-ring (bicyclic) bond motifs is 1. The van der Waals surface area contributed by atoms with Gasteiger partial charge >= 0.3 is 5.69 Å². The lowest BCUT2D eigenvalue weighted by Crippen LogP contribution is -2.39. The van der Waals surface area contributed by atoms with E-state index < -0.39 is 5.69 Å². The van der Waals surface area contributed by atoms with Crippen molar-refractivity contribution in [1.82, 2.24) is 29.5 Å². The van der Waals surface area contributed by atoms with Gasteiger partial charge in [0.25, 0.3) is 5.56 Å². The molecule has 1 fully saturated rings. The molecule has 1 aliphatic heterocycles. The third-order valence-electron chi connectivity index (χ3n) is 5.88. The maximum absolute atomic E-state index is 12.1. The van der Waals surface area contributed by atoms with Crippen LogP contribution in [0.15, 0.2) is 52.6 Å². The maximum Gasteiger partial charge on any atom is 0.328 e. The molecule has 0 amide bonds. The minimum Gasteiger partial charge on any atom is -0.375 e. The zero-order chi connectivity index (χ0) is 22.9. The smallest absolute Gasteiger partial charge is 0.328 e. The molecule has 3 aromatic heterocycles. The number of ether oxygens (including phenoxy) is 1. The van der Waals surface area contributed by atoms with Crippen LogP contribution in [0.5, 0.6) is 0 Å². The summed E-state index contributed by atoms with van der Waals surface area (Å²) in [5.74, 6) is 0. The van der Waals surface area contributed by atoms with Crippen LogP contribution in [0.1, 0.15) is 16.7 Å². The van der Waals surface area contributed by atoms with E-state index in [1.54, 1.807) is 10.7 Å². The first-order chi connectivity index (χ1) is 16.0. The molecule has 34 heavy (non-hydrogen) atoms. The predicted octanol–water partition coefficient (Wildman–Crippen LogP) is 2.21. The summed E-state index contributed by atoms with van der Waals surface area (Å²) in [5, 5.41) is 8.33. The van der Waals surface area contributed by atoms with Crippen molar-refractivity contribution in [3.05, 3.63) is 85.5 Å². The monoisotopic (exact) mass is 502 g/mol. The molecule has 11 heteroatoms. The molecular weight excluding hydrogens is 479 g/mol. The number of hydrogen-bond acceptors (Lipinski definition) is 6. The minimum atomic E-state index is -0.460. The number of nitrogens with one attached hydrogen (secondary N) is 2. The number of aromatic nitrogens is 5. The van der Waals surface area contributed by atoms with Gasteiger partial charge in [-0.1, -0.05) is 11.6 Å². The Labute approximate surface area is 206 Å². The number of halogens is 2. The summed E-state index contributed by atoms with van der Waals surface area (Å²) < 4.78 is 8.79. The second-order valence-electron chi connectivity index (χ2n) is 8.14. The van der Waals surface area contributed by atoms with E-state index in [0.29, 0.717) is 11.6 Å². The molecule has 1 aliphatic rings. The van der Waals surface area contributed by atoms with Crippen LogP contribution >= 0.6 is 24.0 Å². The number of hydrogen-bond donors (Lipinski definition) is 2. The average Bonchev–Trinajstić information content (AvgIpc) is 3.22. The molecule has 1 atom stereocenters. The number of rotatable bonds is 5. The molecular formula is C23H24Cl2N6O3. The van der Waals surface area contributed by atoms with E-state index in [-0.39, 0.29) is 30.6 Å². The van der Waals surface area contributed by atoms with Crippen molar-refractivity contribution in [2.75, 3.05) is 19.7 Å². The summed E-state index contributed by atoms with van der Waals surface area (Å²) in [6.45, 7) is 4.49. The Morgan fingerprint density at radius 3 is 2.88 bits per heavy atom. The molecule has 4 heterocycles. The normalized spacial score (nSPS) is 15.9. The van der Waals surface area contributed by atoms with Crippen molar-refractivity contribution >= 4 is 29.5 Å². The van der Waals surface area contributed by atoms with Gasteiger partial charge in [0.15, 0.2) is 0 Å². The van der Waals surface area contributed by atoms with Gasteiger partial charge in [-0.25, -0.2) is 14.3 Å². The van der Waals surface area contributed by atoms with E-state index in [1.165, 1.54) is 18.6 Å². The van der Waals surface area contributed by atoms with E-state index in [0.717, 1.165) is 57.5 Å². The summed E-state index contributed by atoms with van der Waals surface area (Å²) in [5.41, 5.74) is 4.53. The molecule has 0 aliphatic carbocycles. The third-order valence-corrected chi connectivity index (χ3v) is 6.09. The van der Waals surface area contributed by atoms with Crippen molar-refractivity contribution < 1.29 is 4.74 Å². The van der Waals surface area contributed by atoms with Crippen LogP contribution in [0, 0.1) is 6.92 Å². The Bertz CT molecular complexity index is 1410. The summed E-state index contributed by atoms with van der Waals surface area (Å²) in [7, 11) is 0. The lowest BCUT2D eigenvalue weighted by atomic mass is 9.94. The van der Waals surface area contributed by atoms with Gasteiger partial charge in [0.1, 0.15) is 6.33 Å². The minimum absolute atomic E-state index is 0. The van der Waals surface area contributed by atoms with Crippen LogP contribution in [0.2, 0.25) is 5.02 Å². The Hall–Kier alpha value is -2.98. The molecule has 1 aromatic carbocycles. The first kappa shape index (κ1) is 24.2. The summed E-state index contributed by atoms with van der Waals surface area (Å²) >= 11 is 6.44. The van der Waals surface area contributed by atoms with Gasteiger partial charge in [0, 0.05) is 48.6 Å². The number of aromatic amines is 1. The van der Waals surface area contributed by atoms with Crippen molar-refractivity contribution in [3.8, 4) is 11.3 Å². The highest BCUT2D eigenvalue weighted by Crippen LogP contribution is 2.33. The number of morpholine rings is 1. The van der Waals surface area contributed by atoms with Crippen LogP contribution in [0.3, 0.4) is 0 Å². The fourth-order valence-corrected chi connectivity index (χ4v) is 4.57. The first-order valence-corrected chi connectivity index (χ1v) is 11.1. The van der Waals surface area contributed by atoms with Crippen LogP contribution in [-0.4, -0.2) is 49.9 Å². The quantitative estimate of drug-likeness (QED) is 0.433. The van der Waals surface area contributed by atoms with Crippen molar-refractivity contribution in [2.24, 2.45) is 0 Å². The first-order valence-electron chi connectivity index (χ1n) is 10.7. The zero-order valence-electron chi connectivity index (χ0n) is 18.5. The van der Waals surface area contributed by atoms with Gasteiger partial charge in [-0.2, -0.15) is 5.10 Å². The molecule has 0 saturated carbocycles. The second kappa shape index (κ2) is 10.1. The Morgan fingerprint density at radius 1 is 1.26 bits per heavy atom. The number of nitrogens with zero attached hydrogens (tertiary/aromatic N) is 4. The van der Waals surface area contributed by atoms with Crippen LogP contribution in [0.4, 0.5) is 0 Å². The van der Waals surface area contributed by atoms with E-state index in [2.05, 4.69) is 20.4 Å². The second-order valence-corrected chi connectivity index (χ2v) is 8.58. The fourth-order valence-electron chi connectivity index (χ4n) is 4.30. The van der Waals surface area contributed by atoms with Gasteiger partial charge in [0.2, 0.25) is 0 Å². The highest BCUT2D eigenvalue weighted by molar-refractivity contribution is 6.31. The van der Waals surface area contributed by atoms with E-state index in [1.807, 2.05) is 25.1 Å². The molecule has 0 unspecified atom stereocenters. The highest BCUT2D eigenvalue weighted by atomic mass is 35.5. The molecule has 0 spiro atoms. The fraction of sp³-hybridized carbons (Fsp3) is 0.304. The summed E-state index contributed by atoms with van der Waals surface area (Å²) in [4.78, 5) is 31.3. The molecule has 1 saturated heterocycles. The van der Waals surface area contributed by atoms with Crippen LogP contribution in [0.25, 0.3) is 16.8 Å². The Kier molecular flexibility index (Phi) is 7.18. The Morgan fingerprint density at radius 2 is 2.12 bits per heavy atom. The van der Waals surface area contributed by atoms with Gasteiger partial charge in [-0.05, 0) is 41.8 Å². The lowest BCUT2D eigenvalue weighted by Gasteiger charge is -2.25. The van der Waals surface area contributed by atoms with Gasteiger partial charge in [0.05, 0.1) is 30.5 Å². The number of aryl methyl sites for hydroxylation is 1. The lowest BCUT2D eigenvalue weighted by molar-refractivity contribution is 0.0292. The number of benzene rings is 1. The number of H-pyrrole nitrogens is 1. The van der Waals surface area contributed by atoms with Crippen molar-refractivity contribution in [2.45, 2.75) is 26.0 Å². The highest BCUT2D eigenvalue weighted by Gasteiger charge is 2.21. The van der Waals surface area contributed by atoms with E-state index in [4.69, 9.17) is 16.3 Å². The van der Waals surface area contributed by atoms with Crippen molar-refractivity contribution in [3.63, 3.8) is 0 Å². The standard InChI is InChI=1S/C23H23ClN6O3.ClH/c1-14-6-16(24)8-19(18(14)9-17-10-25-4-5-33-17)22-20-7-15(12-30(20)28-13-27-22)11-29-21(31)2-3-26-23(29)32;/h2-3,6-8,12-13,17,25H,4-5,9-11H2,1H3,(H,26,32);1H/t17-;/m1./s1. The van der Waals surface area contributed by atoms with Crippen LogP contribution in [-0.2, 0) is 17.7 Å². The largest absolute Gasteiger partial charge is 0.375 e. The van der Waals surface area contributed by atoms with Crippen molar-refractivity contribution in [1.29, 1.82) is 0 Å². The van der Waals surface area contributed by atoms with Crippen LogP contribution < -0.4 is 16.6 Å². The topological polar surface area (TPSA) is 106 Å². The molecule has 5 rings (SSSR count). The van der Waals surface area contributed by atoms with Gasteiger partial charge < -0.3 is 15.0 Å². The van der Waals surface area contributed by atoms with Gasteiger partial charge in [-0.15, -0.1) is 12.4 Å². The molecule has 0 radical (unpaired) electrons. The SMILES string of the molecule is Cc1cc(Cl)cc(-c2ncnn3cc(Cn4c(=O)cc[nH]c4=O)cc23)c1C[C@@H]1CNCCO1.Cl. The molecule has 178 valence electrons. The average molecular weight is 503 g/mol. The predicted molar refractivity (Wildman–Crippen MR) is 132 cm³/mol. The van der Waals surface area contributed by atoms with E-state index in [9.17, 15) is 9.59 Å².